The van der Waals surface area contributed by atoms with Gasteiger partial charge in [-0.25, -0.2) is 0 Å². The summed E-state index contributed by atoms with van der Waals surface area (Å²) in [6.45, 7) is 4.64. The zero-order valence-corrected chi connectivity index (χ0v) is 10.5. The second-order valence-corrected chi connectivity index (χ2v) is 4.13. The Bertz CT molecular complexity index is 498. The van der Waals surface area contributed by atoms with Crippen LogP contribution in [-0.4, -0.2) is 29.5 Å². The number of nitrogens with zero attached hydrogens (tertiary/aromatic N) is 6. The topological polar surface area (TPSA) is 73.5 Å². The summed E-state index contributed by atoms with van der Waals surface area (Å²) >= 11 is 0. The lowest BCUT2D eigenvalue weighted by Gasteiger charge is -2.12. The van der Waals surface area contributed by atoms with Gasteiger partial charge in [0, 0.05) is 14.1 Å². The molecule has 0 fully saturated rings. The van der Waals surface area contributed by atoms with Crippen molar-refractivity contribution in [3.8, 4) is 0 Å². The molecule has 0 saturated heterocycles. The normalized spacial score (nSPS) is 12.9. The molecule has 7 heteroatoms. The predicted octanol–water partition coefficient (Wildman–Crippen LogP) is 0.103. The van der Waals surface area contributed by atoms with Gasteiger partial charge in [0.15, 0.2) is 0 Å². The van der Waals surface area contributed by atoms with Gasteiger partial charge in [-0.05, 0) is 13.8 Å². The summed E-state index contributed by atoms with van der Waals surface area (Å²) in [6.07, 6.45) is 1.69. The molecule has 0 aliphatic carbocycles. The van der Waals surface area contributed by atoms with Crippen LogP contribution in [0.5, 0.6) is 0 Å². The predicted molar refractivity (Wildman–Crippen MR) is 62.0 cm³/mol. The monoisotopic (exact) mass is 235 g/mol. The lowest BCUT2D eigenvalue weighted by atomic mass is 10.3. The Morgan fingerprint density at radius 2 is 2.06 bits per heavy atom. The van der Waals surface area contributed by atoms with Crippen LogP contribution in [0.25, 0.3) is 0 Å². The first-order chi connectivity index (χ1) is 8.09. The van der Waals surface area contributed by atoms with Crippen molar-refractivity contribution in [1.29, 1.82) is 0 Å². The van der Waals surface area contributed by atoms with Crippen LogP contribution in [0.2, 0.25) is 0 Å². The number of hydrogen-bond donors (Lipinski definition) is 1. The third-order valence-electron chi connectivity index (χ3n) is 2.88. The second kappa shape index (κ2) is 4.62. The summed E-state index contributed by atoms with van der Waals surface area (Å²) in [7, 11) is 3.89. The van der Waals surface area contributed by atoms with Crippen molar-refractivity contribution < 1.29 is 0 Å². The number of hydrogen-bond acceptors (Lipinski definition) is 5. The van der Waals surface area contributed by atoms with Gasteiger partial charge in [-0.2, -0.15) is 0 Å². The van der Waals surface area contributed by atoms with Crippen LogP contribution in [0.1, 0.15) is 30.4 Å². The maximum atomic E-state index is 4.10. The zero-order valence-electron chi connectivity index (χ0n) is 10.5. The average Bonchev–Trinajstić information content (AvgIpc) is 2.85. The number of nitrogens with one attached hydrogen (secondary N) is 1. The highest BCUT2D eigenvalue weighted by Gasteiger charge is 2.12. The first-order valence-corrected chi connectivity index (χ1v) is 5.51. The van der Waals surface area contributed by atoms with Crippen molar-refractivity contribution in [3.63, 3.8) is 0 Å². The van der Waals surface area contributed by atoms with Gasteiger partial charge in [0.2, 0.25) is 0 Å². The number of aromatic nitrogens is 6. The summed E-state index contributed by atoms with van der Waals surface area (Å²) in [6, 6.07) is 0.125. The molecule has 1 unspecified atom stereocenters. The standard InChI is InChI=1S/C10H17N7/c1-7(10-15-12-6-16(10)3)11-5-9-14-13-8(2)17(9)4/h6-7,11H,5H2,1-4H3. The minimum atomic E-state index is 0.125. The lowest BCUT2D eigenvalue weighted by Crippen LogP contribution is -2.22. The molecular weight excluding hydrogens is 218 g/mol. The van der Waals surface area contributed by atoms with Crippen LogP contribution in [0.3, 0.4) is 0 Å². The summed E-state index contributed by atoms with van der Waals surface area (Å²) in [5.74, 6) is 2.73. The average molecular weight is 235 g/mol. The van der Waals surface area contributed by atoms with E-state index >= 15 is 0 Å². The summed E-state index contributed by atoms with van der Waals surface area (Å²) in [5.41, 5.74) is 0. The SMILES string of the molecule is Cc1nnc(CNC(C)c2nncn2C)n1C. The molecule has 0 saturated carbocycles. The maximum Gasteiger partial charge on any atom is 0.149 e. The molecule has 0 radical (unpaired) electrons. The molecule has 0 aliphatic rings. The van der Waals surface area contributed by atoms with E-state index < -0.39 is 0 Å². The van der Waals surface area contributed by atoms with Crippen LogP contribution in [0, 0.1) is 6.92 Å². The summed E-state index contributed by atoms with van der Waals surface area (Å²) in [5, 5.41) is 19.4. The van der Waals surface area contributed by atoms with E-state index in [9.17, 15) is 0 Å². The van der Waals surface area contributed by atoms with Gasteiger partial charge in [-0.1, -0.05) is 0 Å². The minimum absolute atomic E-state index is 0.125. The van der Waals surface area contributed by atoms with E-state index in [2.05, 4.69) is 25.7 Å². The minimum Gasteiger partial charge on any atom is -0.319 e. The third-order valence-corrected chi connectivity index (χ3v) is 2.88. The van der Waals surface area contributed by atoms with E-state index in [0.29, 0.717) is 6.54 Å². The van der Waals surface area contributed by atoms with Crippen molar-refractivity contribution >= 4 is 0 Å². The molecule has 0 spiro atoms. The molecule has 0 amide bonds. The van der Waals surface area contributed by atoms with Crippen molar-refractivity contribution in [3.05, 3.63) is 23.8 Å². The lowest BCUT2D eigenvalue weighted by molar-refractivity contribution is 0.510. The van der Waals surface area contributed by atoms with E-state index in [1.807, 2.05) is 37.1 Å². The van der Waals surface area contributed by atoms with Crippen LogP contribution >= 0.6 is 0 Å². The highest BCUT2D eigenvalue weighted by molar-refractivity contribution is 4.96. The highest BCUT2D eigenvalue weighted by atomic mass is 15.3. The van der Waals surface area contributed by atoms with Crippen LogP contribution in [0.4, 0.5) is 0 Å². The first-order valence-electron chi connectivity index (χ1n) is 5.51. The molecule has 17 heavy (non-hydrogen) atoms. The third kappa shape index (κ3) is 2.33. The number of aryl methyl sites for hydroxylation is 2. The quantitative estimate of drug-likeness (QED) is 0.813. The molecule has 1 atom stereocenters. The molecule has 7 nitrogen and oxygen atoms in total. The van der Waals surface area contributed by atoms with E-state index in [1.165, 1.54) is 0 Å². The molecule has 1 N–H and O–H groups in total. The van der Waals surface area contributed by atoms with Gasteiger partial charge >= 0.3 is 0 Å². The van der Waals surface area contributed by atoms with E-state index in [0.717, 1.165) is 17.5 Å². The first kappa shape index (κ1) is 11.7. The fourth-order valence-electron chi connectivity index (χ4n) is 1.62. The molecule has 2 rings (SSSR count). The van der Waals surface area contributed by atoms with Crippen LogP contribution < -0.4 is 5.32 Å². The van der Waals surface area contributed by atoms with Crippen molar-refractivity contribution in [2.24, 2.45) is 14.1 Å². The molecule has 0 aliphatic heterocycles. The molecule has 2 heterocycles. The van der Waals surface area contributed by atoms with Crippen molar-refractivity contribution in [2.75, 3.05) is 0 Å². The molecule has 0 bridgehead atoms. The van der Waals surface area contributed by atoms with Gasteiger partial charge < -0.3 is 14.5 Å². The van der Waals surface area contributed by atoms with Crippen molar-refractivity contribution in [2.45, 2.75) is 26.4 Å². The molecule has 2 aromatic heterocycles. The fraction of sp³-hybridized carbons (Fsp3) is 0.600. The fourth-order valence-corrected chi connectivity index (χ4v) is 1.62. The Morgan fingerprint density at radius 3 is 2.59 bits per heavy atom. The van der Waals surface area contributed by atoms with E-state index in [1.54, 1.807) is 6.33 Å². The van der Waals surface area contributed by atoms with Crippen LogP contribution in [-0.2, 0) is 20.6 Å². The second-order valence-electron chi connectivity index (χ2n) is 4.13. The summed E-state index contributed by atoms with van der Waals surface area (Å²) in [4.78, 5) is 0. The Balaban J connectivity index is 1.99. The van der Waals surface area contributed by atoms with Crippen molar-refractivity contribution in [1.82, 2.24) is 34.8 Å². The van der Waals surface area contributed by atoms with E-state index in [4.69, 9.17) is 0 Å². The number of rotatable bonds is 4. The van der Waals surface area contributed by atoms with Gasteiger partial charge in [-0.15, -0.1) is 20.4 Å². The van der Waals surface area contributed by atoms with E-state index in [-0.39, 0.29) is 6.04 Å². The Hall–Kier alpha value is -1.76. The molecule has 2 aromatic rings. The van der Waals surface area contributed by atoms with Gasteiger partial charge in [0.05, 0.1) is 12.6 Å². The summed E-state index contributed by atoms with van der Waals surface area (Å²) < 4.78 is 3.87. The maximum absolute atomic E-state index is 4.10. The van der Waals surface area contributed by atoms with Gasteiger partial charge in [0.25, 0.3) is 0 Å². The Morgan fingerprint density at radius 1 is 1.29 bits per heavy atom. The Labute approximate surface area is 99.9 Å². The smallest absolute Gasteiger partial charge is 0.149 e. The largest absolute Gasteiger partial charge is 0.319 e. The highest BCUT2D eigenvalue weighted by Crippen LogP contribution is 2.08. The van der Waals surface area contributed by atoms with Gasteiger partial charge in [-0.3, -0.25) is 0 Å². The zero-order chi connectivity index (χ0) is 12.4. The van der Waals surface area contributed by atoms with Gasteiger partial charge in [0.1, 0.15) is 23.8 Å². The van der Waals surface area contributed by atoms with Crippen LogP contribution in [0.15, 0.2) is 6.33 Å². The molecular formula is C10H17N7. The Kier molecular flexibility index (Phi) is 3.19. The molecule has 0 aromatic carbocycles. The molecule has 92 valence electrons.